The van der Waals surface area contributed by atoms with Gasteiger partial charge in [0.1, 0.15) is 5.78 Å². The molecule has 0 unspecified atom stereocenters. The number of Topliss-reactive ketones (excluding diaryl/α,β-unsaturated/α-hetero) is 1. The SMILES string of the molecule is CCCC[C@@H]1CCCC(=O)[C@H]1c1ccc(Br)cc1. The van der Waals surface area contributed by atoms with E-state index >= 15 is 0 Å². The van der Waals surface area contributed by atoms with E-state index in [0.717, 1.165) is 17.3 Å². The van der Waals surface area contributed by atoms with Gasteiger partial charge < -0.3 is 0 Å². The van der Waals surface area contributed by atoms with E-state index in [2.05, 4.69) is 35.0 Å². The van der Waals surface area contributed by atoms with Crippen LogP contribution in [0.3, 0.4) is 0 Å². The maximum Gasteiger partial charge on any atom is 0.140 e. The molecule has 1 nitrogen and oxygen atoms in total. The van der Waals surface area contributed by atoms with Crippen LogP contribution in [0.2, 0.25) is 0 Å². The summed E-state index contributed by atoms with van der Waals surface area (Å²) in [5.74, 6) is 1.16. The average molecular weight is 309 g/mol. The van der Waals surface area contributed by atoms with E-state index < -0.39 is 0 Å². The number of ketones is 1. The Hall–Kier alpha value is -0.630. The number of carbonyl (C=O) groups is 1. The van der Waals surface area contributed by atoms with Crippen LogP contribution in [0.5, 0.6) is 0 Å². The Balaban J connectivity index is 2.18. The van der Waals surface area contributed by atoms with Gasteiger partial charge >= 0.3 is 0 Å². The van der Waals surface area contributed by atoms with E-state index in [4.69, 9.17) is 0 Å². The number of benzene rings is 1. The fourth-order valence-electron chi connectivity index (χ4n) is 3.03. The first kappa shape index (κ1) is 13.8. The average Bonchev–Trinajstić information content (AvgIpc) is 2.38. The maximum atomic E-state index is 12.2. The van der Waals surface area contributed by atoms with Gasteiger partial charge in [-0.2, -0.15) is 0 Å². The maximum absolute atomic E-state index is 12.2. The molecule has 0 saturated heterocycles. The molecule has 1 aromatic carbocycles. The molecule has 0 N–H and O–H groups in total. The Kier molecular flexibility index (Phi) is 4.99. The van der Waals surface area contributed by atoms with Crippen molar-refractivity contribution in [3.05, 3.63) is 34.3 Å². The highest BCUT2D eigenvalue weighted by Gasteiger charge is 2.32. The highest BCUT2D eigenvalue weighted by Crippen LogP contribution is 2.38. The topological polar surface area (TPSA) is 17.1 Å². The number of hydrogen-bond donors (Lipinski definition) is 0. The lowest BCUT2D eigenvalue weighted by molar-refractivity contribution is -0.123. The first-order valence-corrected chi connectivity index (χ1v) is 7.80. The third kappa shape index (κ3) is 3.23. The molecule has 0 heterocycles. The Morgan fingerprint density at radius 2 is 2.00 bits per heavy atom. The van der Waals surface area contributed by atoms with Gasteiger partial charge in [0.2, 0.25) is 0 Å². The van der Waals surface area contributed by atoms with Crippen LogP contribution in [0.1, 0.15) is 56.9 Å². The van der Waals surface area contributed by atoms with E-state index in [1.54, 1.807) is 0 Å². The Bertz CT molecular complexity index is 396. The Morgan fingerprint density at radius 1 is 1.28 bits per heavy atom. The summed E-state index contributed by atoms with van der Waals surface area (Å²) >= 11 is 3.46. The molecule has 1 aliphatic carbocycles. The second kappa shape index (κ2) is 6.51. The largest absolute Gasteiger partial charge is 0.299 e. The van der Waals surface area contributed by atoms with Crippen LogP contribution in [-0.4, -0.2) is 5.78 Å². The minimum Gasteiger partial charge on any atom is -0.299 e. The molecule has 0 aliphatic heterocycles. The van der Waals surface area contributed by atoms with E-state index in [0.29, 0.717) is 11.7 Å². The minimum atomic E-state index is 0.151. The molecule has 98 valence electrons. The summed E-state index contributed by atoms with van der Waals surface area (Å²) in [5.41, 5.74) is 1.21. The zero-order valence-electron chi connectivity index (χ0n) is 11.0. The number of hydrogen-bond acceptors (Lipinski definition) is 1. The fourth-order valence-corrected chi connectivity index (χ4v) is 3.29. The molecule has 0 amide bonds. The van der Waals surface area contributed by atoms with Crippen LogP contribution < -0.4 is 0 Å². The summed E-state index contributed by atoms with van der Waals surface area (Å²) < 4.78 is 1.08. The summed E-state index contributed by atoms with van der Waals surface area (Å²) in [4.78, 5) is 12.2. The molecule has 1 aliphatic rings. The van der Waals surface area contributed by atoms with Crippen LogP contribution in [0, 0.1) is 5.92 Å². The molecule has 2 rings (SSSR count). The number of unbranched alkanes of at least 4 members (excludes halogenated alkanes) is 1. The molecule has 0 radical (unpaired) electrons. The zero-order chi connectivity index (χ0) is 13.0. The highest BCUT2D eigenvalue weighted by molar-refractivity contribution is 9.10. The van der Waals surface area contributed by atoms with Crippen molar-refractivity contribution < 1.29 is 4.79 Å². The van der Waals surface area contributed by atoms with Crippen LogP contribution >= 0.6 is 15.9 Å². The molecule has 0 bridgehead atoms. The number of halogens is 1. The fraction of sp³-hybridized carbons (Fsp3) is 0.562. The Labute approximate surface area is 118 Å². The van der Waals surface area contributed by atoms with E-state index in [9.17, 15) is 4.79 Å². The first-order valence-electron chi connectivity index (χ1n) is 7.00. The van der Waals surface area contributed by atoms with E-state index in [-0.39, 0.29) is 5.92 Å². The van der Waals surface area contributed by atoms with Gasteiger partial charge in [0.05, 0.1) is 0 Å². The van der Waals surface area contributed by atoms with Gasteiger partial charge in [0.25, 0.3) is 0 Å². The first-order chi connectivity index (χ1) is 8.72. The van der Waals surface area contributed by atoms with Gasteiger partial charge in [-0.15, -0.1) is 0 Å². The predicted molar refractivity (Wildman–Crippen MR) is 78.8 cm³/mol. The second-order valence-corrected chi connectivity index (χ2v) is 6.21. The van der Waals surface area contributed by atoms with Crippen molar-refractivity contribution in [2.75, 3.05) is 0 Å². The molecular formula is C16H21BrO. The quantitative estimate of drug-likeness (QED) is 0.757. The van der Waals surface area contributed by atoms with Gasteiger partial charge in [-0.05, 0) is 42.9 Å². The number of rotatable bonds is 4. The third-order valence-electron chi connectivity index (χ3n) is 3.97. The van der Waals surface area contributed by atoms with Gasteiger partial charge in [0, 0.05) is 16.8 Å². The monoisotopic (exact) mass is 308 g/mol. The van der Waals surface area contributed by atoms with Crippen molar-refractivity contribution in [3.8, 4) is 0 Å². The normalized spacial score (nSPS) is 24.2. The van der Waals surface area contributed by atoms with Crippen molar-refractivity contribution in [2.24, 2.45) is 5.92 Å². The molecule has 18 heavy (non-hydrogen) atoms. The molecule has 1 aromatic rings. The summed E-state index contributed by atoms with van der Waals surface area (Å²) in [7, 11) is 0. The summed E-state index contributed by atoms with van der Waals surface area (Å²) in [6, 6.07) is 8.32. The van der Waals surface area contributed by atoms with Crippen LogP contribution in [-0.2, 0) is 4.79 Å². The van der Waals surface area contributed by atoms with Crippen molar-refractivity contribution in [1.82, 2.24) is 0 Å². The highest BCUT2D eigenvalue weighted by atomic mass is 79.9. The third-order valence-corrected chi connectivity index (χ3v) is 4.50. The second-order valence-electron chi connectivity index (χ2n) is 5.29. The molecule has 2 atom stereocenters. The van der Waals surface area contributed by atoms with Gasteiger partial charge in [-0.1, -0.05) is 47.8 Å². The van der Waals surface area contributed by atoms with Crippen LogP contribution in [0.4, 0.5) is 0 Å². The predicted octanol–water partition coefficient (Wildman–Crippen LogP) is 5.09. The minimum absolute atomic E-state index is 0.151. The number of carbonyl (C=O) groups excluding carboxylic acids is 1. The van der Waals surface area contributed by atoms with Crippen LogP contribution in [0.15, 0.2) is 28.7 Å². The standard InChI is InChI=1S/C16H21BrO/c1-2-3-5-12-6-4-7-15(18)16(12)13-8-10-14(17)11-9-13/h8-12,16H,2-7H2,1H3/t12-,16-/m1/s1. The summed E-state index contributed by atoms with van der Waals surface area (Å²) in [6.45, 7) is 2.22. The molecule has 0 spiro atoms. The van der Waals surface area contributed by atoms with Crippen LogP contribution in [0.25, 0.3) is 0 Å². The lowest BCUT2D eigenvalue weighted by atomic mass is 9.72. The molecular weight excluding hydrogens is 288 g/mol. The van der Waals surface area contributed by atoms with Gasteiger partial charge in [-0.25, -0.2) is 0 Å². The molecule has 1 saturated carbocycles. The van der Waals surface area contributed by atoms with Crippen molar-refractivity contribution in [2.45, 2.75) is 51.4 Å². The smallest absolute Gasteiger partial charge is 0.140 e. The summed E-state index contributed by atoms with van der Waals surface area (Å²) in [5, 5.41) is 0. The molecule has 2 heteroatoms. The van der Waals surface area contributed by atoms with Crippen molar-refractivity contribution >= 4 is 21.7 Å². The Morgan fingerprint density at radius 3 is 2.67 bits per heavy atom. The van der Waals surface area contributed by atoms with Gasteiger partial charge in [-0.3, -0.25) is 4.79 Å². The summed E-state index contributed by atoms with van der Waals surface area (Å²) in [6.07, 6.45) is 6.72. The van der Waals surface area contributed by atoms with Crippen molar-refractivity contribution in [3.63, 3.8) is 0 Å². The van der Waals surface area contributed by atoms with Gasteiger partial charge in [0.15, 0.2) is 0 Å². The molecule has 1 fully saturated rings. The lowest BCUT2D eigenvalue weighted by Crippen LogP contribution is -2.26. The molecule has 0 aromatic heterocycles. The zero-order valence-corrected chi connectivity index (χ0v) is 12.6. The van der Waals surface area contributed by atoms with E-state index in [1.807, 2.05) is 12.1 Å². The van der Waals surface area contributed by atoms with E-state index in [1.165, 1.54) is 31.2 Å². The lowest BCUT2D eigenvalue weighted by Gasteiger charge is -2.30. The van der Waals surface area contributed by atoms with Crippen molar-refractivity contribution in [1.29, 1.82) is 0 Å².